The number of aryl methyl sites for hydroxylation is 1. The number of likely N-dealkylation sites (tertiary alicyclic amines) is 1. The zero-order chi connectivity index (χ0) is 15.7. The van der Waals surface area contributed by atoms with Crippen molar-refractivity contribution in [3.05, 3.63) is 34.4 Å². The largest absolute Gasteiger partial charge is 0.416 e. The van der Waals surface area contributed by atoms with Crippen molar-refractivity contribution in [2.45, 2.75) is 50.9 Å². The number of nitrogens with zero attached hydrogens (tertiary/aromatic N) is 1. The maximum absolute atomic E-state index is 13.3. The van der Waals surface area contributed by atoms with Crippen LogP contribution < -0.4 is 0 Å². The third kappa shape index (κ3) is 3.15. The molecule has 1 saturated heterocycles. The molecule has 0 amide bonds. The number of alkyl halides is 3. The van der Waals surface area contributed by atoms with Gasteiger partial charge in [0.2, 0.25) is 0 Å². The minimum Gasteiger partial charge on any atom is -0.381 e. The average molecular weight is 313 g/mol. The van der Waals surface area contributed by atoms with E-state index in [9.17, 15) is 13.2 Å². The summed E-state index contributed by atoms with van der Waals surface area (Å²) >= 11 is 0. The first-order valence-corrected chi connectivity index (χ1v) is 7.95. The van der Waals surface area contributed by atoms with Crippen molar-refractivity contribution < 1.29 is 17.9 Å². The Morgan fingerprint density at radius 3 is 2.55 bits per heavy atom. The fourth-order valence-corrected chi connectivity index (χ4v) is 3.72. The van der Waals surface area contributed by atoms with Crippen LogP contribution in [-0.2, 0) is 30.3 Å². The van der Waals surface area contributed by atoms with E-state index in [1.165, 1.54) is 6.07 Å². The van der Waals surface area contributed by atoms with Gasteiger partial charge in [-0.15, -0.1) is 0 Å². The van der Waals surface area contributed by atoms with Gasteiger partial charge >= 0.3 is 6.18 Å². The summed E-state index contributed by atoms with van der Waals surface area (Å²) in [5, 5.41) is 0. The molecule has 122 valence electrons. The Hall–Kier alpha value is -1.07. The van der Waals surface area contributed by atoms with Crippen molar-refractivity contribution >= 4 is 0 Å². The summed E-state index contributed by atoms with van der Waals surface area (Å²) in [6.07, 6.45) is 0.433. The van der Waals surface area contributed by atoms with Crippen molar-refractivity contribution in [3.63, 3.8) is 0 Å². The number of benzene rings is 1. The first-order chi connectivity index (χ1) is 10.5. The highest BCUT2D eigenvalue weighted by molar-refractivity contribution is 5.45. The number of hydrogen-bond acceptors (Lipinski definition) is 2. The number of rotatable bonds is 3. The van der Waals surface area contributed by atoms with E-state index in [4.69, 9.17) is 4.74 Å². The number of methoxy groups -OCH3 is 1. The second-order valence-corrected chi connectivity index (χ2v) is 6.29. The highest BCUT2D eigenvalue weighted by Crippen LogP contribution is 2.38. The first kappa shape index (κ1) is 15.8. The molecule has 1 fully saturated rings. The molecule has 0 bridgehead atoms. The molecule has 1 aliphatic carbocycles. The van der Waals surface area contributed by atoms with Crippen molar-refractivity contribution in [1.82, 2.24) is 4.90 Å². The van der Waals surface area contributed by atoms with E-state index < -0.39 is 11.7 Å². The van der Waals surface area contributed by atoms with Crippen LogP contribution in [0, 0.1) is 0 Å². The number of piperidine rings is 1. The standard InChI is InChI=1S/C17H22F3NO/c1-22-13-7-9-21(10-8-13)11-15-14-4-2-3-12(14)5-6-16(15)17(18,19)20/h5-6,13H,2-4,7-11H2,1H3. The molecule has 0 spiro atoms. The number of fused-ring (bicyclic) bond motifs is 1. The van der Waals surface area contributed by atoms with Crippen LogP contribution in [0.2, 0.25) is 0 Å². The SMILES string of the molecule is COC1CCN(Cc2c(C(F)(F)F)ccc3c2CCC3)CC1. The highest BCUT2D eigenvalue weighted by Gasteiger charge is 2.36. The Morgan fingerprint density at radius 1 is 1.18 bits per heavy atom. The normalized spacial score (nSPS) is 20.4. The molecular weight excluding hydrogens is 291 g/mol. The second kappa shape index (κ2) is 6.20. The predicted molar refractivity (Wildman–Crippen MR) is 78.8 cm³/mol. The lowest BCUT2D eigenvalue weighted by atomic mass is 9.95. The Bertz CT molecular complexity index is 533. The van der Waals surface area contributed by atoms with Gasteiger partial charge in [0.15, 0.2) is 0 Å². The fraction of sp³-hybridized carbons (Fsp3) is 0.647. The van der Waals surface area contributed by atoms with Crippen molar-refractivity contribution in [2.24, 2.45) is 0 Å². The smallest absolute Gasteiger partial charge is 0.381 e. The fourth-order valence-electron chi connectivity index (χ4n) is 3.72. The molecule has 0 aromatic heterocycles. The first-order valence-electron chi connectivity index (χ1n) is 7.95. The molecule has 0 radical (unpaired) electrons. The monoisotopic (exact) mass is 313 g/mol. The summed E-state index contributed by atoms with van der Waals surface area (Å²) < 4.78 is 45.4. The molecule has 0 unspecified atom stereocenters. The van der Waals surface area contributed by atoms with E-state index in [1.807, 2.05) is 0 Å². The molecule has 0 saturated carbocycles. The van der Waals surface area contributed by atoms with Gasteiger partial charge in [0.05, 0.1) is 11.7 Å². The Kier molecular flexibility index (Phi) is 4.46. The van der Waals surface area contributed by atoms with Crippen LogP contribution in [0.3, 0.4) is 0 Å². The zero-order valence-electron chi connectivity index (χ0n) is 12.9. The zero-order valence-corrected chi connectivity index (χ0v) is 12.9. The minimum absolute atomic E-state index is 0.250. The Morgan fingerprint density at radius 2 is 1.91 bits per heavy atom. The van der Waals surface area contributed by atoms with Crippen LogP contribution in [0.1, 0.15) is 41.5 Å². The maximum atomic E-state index is 13.3. The molecule has 22 heavy (non-hydrogen) atoms. The lowest BCUT2D eigenvalue weighted by molar-refractivity contribution is -0.138. The lowest BCUT2D eigenvalue weighted by Gasteiger charge is -2.32. The Labute approximate surface area is 129 Å². The topological polar surface area (TPSA) is 12.5 Å². The molecule has 0 atom stereocenters. The summed E-state index contributed by atoms with van der Waals surface area (Å²) in [5.41, 5.74) is 2.12. The molecule has 1 aromatic carbocycles. The van der Waals surface area contributed by atoms with Gasteiger partial charge in [-0.2, -0.15) is 13.2 Å². The second-order valence-electron chi connectivity index (χ2n) is 6.29. The Balaban J connectivity index is 1.84. The summed E-state index contributed by atoms with van der Waals surface area (Å²) in [4.78, 5) is 2.14. The molecule has 2 aliphatic rings. The van der Waals surface area contributed by atoms with Gasteiger partial charge in [-0.25, -0.2) is 0 Å². The van der Waals surface area contributed by atoms with Gasteiger partial charge in [-0.05, 0) is 54.9 Å². The molecule has 3 rings (SSSR count). The highest BCUT2D eigenvalue weighted by atomic mass is 19.4. The summed E-state index contributed by atoms with van der Waals surface area (Å²) in [5.74, 6) is 0. The number of hydrogen-bond donors (Lipinski definition) is 0. The summed E-state index contributed by atoms with van der Waals surface area (Å²) in [6.45, 7) is 2.02. The molecule has 1 heterocycles. The molecule has 0 N–H and O–H groups in total. The van der Waals surface area contributed by atoms with Gasteiger partial charge in [-0.3, -0.25) is 4.90 Å². The van der Waals surface area contributed by atoms with Gasteiger partial charge in [0.25, 0.3) is 0 Å². The van der Waals surface area contributed by atoms with E-state index in [1.54, 1.807) is 13.2 Å². The maximum Gasteiger partial charge on any atom is 0.416 e. The summed E-state index contributed by atoms with van der Waals surface area (Å²) in [6, 6.07) is 2.95. The van der Waals surface area contributed by atoms with Gasteiger partial charge in [0.1, 0.15) is 0 Å². The number of halogens is 3. The van der Waals surface area contributed by atoms with Gasteiger partial charge in [0, 0.05) is 26.7 Å². The predicted octanol–water partition coefficient (Wildman–Crippen LogP) is 3.80. The van der Waals surface area contributed by atoms with Crippen LogP contribution >= 0.6 is 0 Å². The quantitative estimate of drug-likeness (QED) is 0.841. The third-order valence-electron chi connectivity index (χ3n) is 4.96. The molecular formula is C17H22F3NO. The van der Waals surface area contributed by atoms with Crippen molar-refractivity contribution in [3.8, 4) is 0 Å². The van der Waals surface area contributed by atoms with Crippen molar-refractivity contribution in [1.29, 1.82) is 0 Å². The molecule has 1 aromatic rings. The van der Waals surface area contributed by atoms with E-state index in [-0.39, 0.29) is 6.10 Å². The van der Waals surface area contributed by atoms with Crippen LogP contribution in [0.15, 0.2) is 12.1 Å². The van der Waals surface area contributed by atoms with E-state index >= 15 is 0 Å². The third-order valence-corrected chi connectivity index (χ3v) is 4.96. The minimum atomic E-state index is -4.27. The van der Waals surface area contributed by atoms with E-state index in [0.29, 0.717) is 12.1 Å². The van der Waals surface area contributed by atoms with Gasteiger partial charge in [-0.1, -0.05) is 6.07 Å². The van der Waals surface area contributed by atoms with Gasteiger partial charge < -0.3 is 4.74 Å². The van der Waals surface area contributed by atoms with Crippen LogP contribution in [0.25, 0.3) is 0 Å². The van der Waals surface area contributed by atoms with Crippen molar-refractivity contribution in [2.75, 3.05) is 20.2 Å². The van der Waals surface area contributed by atoms with E-state index in [0.717, 1.165) is 56.3 Å². The molecule has 2 nitrogen and oxygen atoms in total. The van der Waals surface area contributed by atoms with Crippen LogP contribution in [0.5, 0.6) is 0 Å². The van der Waals surface area contributed by atoms with Crippen LogP contribution in [-0.4, -0.2) is 31.2 Å². The lowest BCUT2D eigenvalue weighted by Crippen LogP contribution is -2.36. The average Bonchev–Trinajstić information content (AvgIpc) is 2.96. The summed E-state index contributed by atoms with van der Waals surface area (Å²) in [7, 11) is 1.70. The molecule has 1 aliphatic heterocycles. The number of ether oxygens (including phenoxy) is 1. The van der Waals surface area contributed by atoms with Crippen LogP contribution in [0.4, 0.5) is 13.2 Å². The molecule has 5 heteroatoms. The van der Waals surface area contributed by atoms with E-state index in [2.05, 4.69) is 4.90 Å².